The lowest BCUT2D eigenvalue weighted by atomic mass is 10.1. The molecule has 39 heavy (non-hydrogen) atoms. The maximum atomic E-state index is 13.1. The van der Waals surface area contributed by atoms with Gasteiger partial charge >= 0.3 is 6.18 Å². The van der Waals surface area contributed by atoms with E-state index in [2.05, 4.69) is 5.32 Å². The minimum absolute atomic E-state index is 0.0591. The molecular formula is C29H29F3N4O3. The minimum Gasteiger partial charge on any atom is -0.383 e. The number of carbonyl (C=O) groups is 2. The van der Waals surface area contributed by atoms with Crippen molar-refractivity contribution in [2.45, 2.75) is 12.3 Å². The number of hydrogen-bond donors (Lipinski definition) is 1. The van der Waals surface area contributed by atoms with Gasteiger partial charge in [0.05, 0.1) is 12.2 Å². The summed E-state index contributed by atoms with van der Waals surface area (Å²) in [6, 6.07) is 19.9. The molecule has 2 aliphatic heterocycles. The van der Waals surface area contributed by atoms with E-state index in [9.17, 15) is 22.8 Å². The van der Waals surface area contributed by atoms with Crippen molar-refractivity contribution in [2.24, 2.45) is 0 Å². The van der Waals surface area contributed by atoms with E-state index < -0.39 is 11.7 Å². The molecule has 1 saturated heterocycles. The summed E-state index contributed by atoms with van der Waals surface area (Å²) in [5, 5.41) is 3.41. The number of nitrogens with one attached hydrogen (secondary N) is 1. The zero-order chi connectivity index (χ0) is 27.6. The van der Waals surface area contributed by atoms with Crippen LogP contribution in [0.1, 0.15) is 38.0 Å². The number of hydrogen-bond acceptors (Lipinski definition) is 5. The number of methoxy groups -OCH3 is 1. The summed E-state index contributed by atoms with van der Waals surface area (Å²) in [4.78, 5) is 31.4. The average Bonchev–Trinajstić information content (AvgIpc) is 3.22. The van der Waals surface area contributed by atoms with Gasteiger partial charge in [-0.25, -0.2) is 0 Å². The van der Waals surface area contributed by atoms with Crippen molar-refractivity contribution < 1.29 is 27.5 Å². The SMILES string of the molecule is COCCN1C(=O)c2ccccc2C1Nc1ccc(C(=O)N2CCN(c3cccc(C(F)(F)F)c3)CC2)cc1. The Morgan fingerprint density at radius 3 is 2.38 bits per heavy atom. The van der Waals surface area contributed by atoms with Gasteiger partial charge in [-0.05, 0) is 48.5 Å². The summed E-state index contributed by atoms with van der Waals surface area (Å²) in [6.45, 7) is 2.55. The molecule has 204 valence electrons. The molecule has 7 nitrogen and oxygen atoms in total. The van der Waals surface area contributed by atoms with Gasteiger partial charge in [0.15, 0.2) is 0 Å². The highest BCUT2D eigenvalue weighted by atomic mass is 19.4. The van der Waals surface area contributed by atoms with Crippen molar-refractivity contribution in [3.05, 3.63) is 95.1 Å². The van der Waals surface area contributed by atoms with Gasteiger partial charge in [-0.15, -0.1) is 0 Å². The van der Waals surface area contributed by atoms with Crippen LogP contribution in [0.5, 0.6) is 0 Å². The maximum absolute atomic E-state index is 13.1. The summed E-state index contributed by atoms with van der Waals surface area (Å²) in [6.07, 6.45) is -4.75. The molecular weight excluding hydrogens is 509 g/mol. The zero-order valence-corrected chi connectivity index (χ0v) is 21.4. The van der Waals surface area contributed by atoms with Crippen molar-refractivity contribution in [1.29, 1.82) is 0 Å². The Morgan fingerprint density at radius 2 is 1.69 bits per heavy atom. The topological polar surface area (TPSA) is 65.1 Å². The number of anilines is 2. The molecule has 3 aromatic carbocycles. The molecule has 1 N–H and O–H groups in total. The van der Waals surface area contributed by atoms with E-state index in [0.717, 1.165) is 23.4 Å². The van der Waals surface area contributed by atoms with Crippen LogP contribution in [-0.2, 0) is 10.9 Å². The third-order valence-corrected chi connectivity index (χ3v) is 7.14. The van der Waals surface area contributed by atoms with E-state index in [4.69, 9.17) is 4.74 Å². The van der Waals surface area contributed by atoms with Crippen LogP contribution in [0.3, 0.4) is 0 Å². The van der Waals surface area contributed by atoms with Gasteiger partial charge < -0.3 is 24.8 Å². The highest BCUT2D eigenvalue weighted by Gasteiger charge is 2.36. The molecule has 3 aromatic rings. The summed E-state index contributed by atoms with van der Waals surface area (Å²) in [5.41, 5.74) is 2.64. The van der Waals surface area contributed by atoms with Gasteiger partial charge in [-0.1, -0.05) is 24.3 Å². The number of fused-ring (bicyclic) bond motifs is 1. The first-order chi connectivity index (χ1) is 18.8. The lowest BCUT2D eigenvalue weighted by molar-refractivity contribution is -0.137. The van der Waals surface area contributed by atoms with Gasteiger partial charge in [0.25, 0.3) is 11.8 Å². The molecule has 1 fully saturated rings. The van der Waals surface area contributed by atoms with E-state index in [1.165, 1.54) is 6.07 Å². The summed E-state index contributed by atoms with van der Waals surface area (Å²) >= 11 is 0. The summed E-state index contributed by atoms with van der Waals surface area (Å²) < 4.78 is 44.4. The van der Waals surface area contributed by atoms with E-state index in [0.29, 0.717) is 56.1 Å². The van der Waals surface area contributed by atoms with Crippen molar-refractivity contribution in [2.75, 3.05) is 56.7 Å². The highest BCUT2D eigenvalue weighted by Crippen LogP contribution is 2.34. The van der Waals surface area contributed by atoms with Gasteiger partial charge in [0.2, 0.25) is 0 Å². The first-order valence-electron chi connectivity index (χ1n) is 12.7. The number of rotatable bonds is 7. The normalized spacial score (nSPS) is 17.4. The molecule has 1 atom stereocenters. The Hall–Kier alpha value is -4.05. The number of ether oxygens (including phenoxy) is 1. The molecule has 2 amide bonds. The molecule has 2 heterocycles. The van der Waals surface area contributed by atoms with Crippen molar-refractivity contribution in [3.8, 4) is 0 Å². The smallest absolute Gasteiger partial charge is 0.383 e. The fourth-order valence-electron chi connectivity index (χ4n) is 5.04. The van der Waals surface area contributed by atoms with Crippen LogP contribution in [0, 0.1) is 0 Å². The second-order valence-corrected chi connectivity index (χ2v) is 9.53. The predicted octanol–water partition coefficient (Wildman–Crippen LogP) is 4.88. The van der Waals surface area contributed by atoms with Crippen molar-refractivity contribution in [1.82, 2.24) is 9.80 Å². The molecule has 0 bridgehead atoms. The summed E-state index contributed by atoms with van der Waals surface area (Å²) in [5.74, 6) is -0.190. The first kappa shape index (κ1) is 26.6. The Bertz CT molecular complexity index is 1340. The predicted molar refractivity (Wildman–Crippen MR) is 142 cm³/mol. The average molecular weight is 539 g/mol. The van der Waals surface area contributed by atoms with Crippen LogP contribution >= 0.6 is 0 Å². The molecule has 0 aliphatic carbocycles. The minimum atomic E-state index is -4.40. The van der Waals surface area contributed by atoms with E-state index in [1.807, 2.05) is 41.3 Å². The highest BCUT2D eigenvalue weighted by molar-refractivity contribution is 5.99. The van der Waals surface area contributed by atoms with Crippen LogP contribution in [0.25, 0.3) is 0 Å². The quantitative estimate of drug-likeness (QED) is 0.465. The van der Waals surface area contributed by atoms with Crippen LogP contribution in [0.4, 0.5) is 24.5 Å². The van der Waals surface area contributed by atoms with Crippen molar-refractivity contribution in [3.63, 3.8) is 0 Å². The Morgan fingerprint density at radius 1 is 0.974 bits per heavy atom. The van der Waals surface area contributed by atoms with E-state index in [1.54, 1.807) is 35.1 Å². The second-order valence-electron chi connectivity index (χ2n) is 9.53. The monoisotopic (exact) mass is 538 g/mol. The zero-order valence-electron chi connectivity index (χ0n) is 21.4. The number of alkyl halides is 3. The maximum Gasteiger partial charge on any atom is 0.416 e. The third kappa shape index (κ3) is 5.56. The number of amides is 2. The van der Waals surface area contributed by atoms with Crippen LogP contribution in [0.15, 0.2) is 72.8 Å². The van der Waals surface area contributed by atoms with E-state index in [-0.39, 0.29) is 18.0 Å². The molecule has 0 spiro atoms. The molecule has 5 rings (SSSR count). The molecule has 1 unspecified atom stereocenters. The number of halogens is 3. The fourth-order valence-corrected chi connectivity index (χ4v) is 5.04. The third-order valence-electron chi connectivity index (χ3n) is 7.14. The standard InChI is InChI=1S/C29H29F3N4O3/c1-39-18-17-36-26(24-7-2-3-8-25(24)28(36)38)33-22-11-9-20(10-12-22)27(37)35-15-13-34(14-16-35)23-6-4-5-21(19-23)29(30,31)32/h2-12,19,26,33H,13-18H2,1H3. The Kier molecular flexibility index (Phi) is 7.47. The van der Waals surface area contributed by atoms with Gasteiger partial charge in [-0.2, -0.15) is 13.2 Å². The molecule has 0 radical (unpaired) electrons. The van der Waals surface area contributed by atoms with Gasteiger partial charge in [0.1, 0.15) is 6.17 Å². The van der Waals surface area contributed by atoms with Gasteiger partial charge in [0, 0.05) is 67.9 Å². The van der Waals surface area contributed by atoms with E-state index >= 15 is 0 Å². The van der Waals surface area contributed by atoms with Crippen molar-refractivity contribution >= 4 is 23.2 Å². The molecule has 0 aromatic heterocycles. The lowest BCUT2D eigenvalue weighted by Gasteiger charge is -2.36. The van der Waals surface area contributed by atoms with Crippen LogP contribution in [-0.4, -0.2) is 68.1 Å². The first-order valence-corrected chi connectivity index (χ1v) is 12.7. The number of piperazine rings is 1. The Balaban J connectivity index is 1.22. The molecule has 10 heteroatoms. The van der Waals surface area contributed by atoms with Crippen LogP contribution in [0.2, 0.25) is 0 Å². The number of nitrogens with zero attached hydrogens (tertiary/aromatic N) is 3. The van der Waals surface area contributed by atoms with Crippen LogP contribution < -0.4 is 10.2 Å². The largest absolute Gasteiger partial charge is 0.416 e. The number of benzene rings is 3. The lowest BCUT2D eigenvalue weighted by Crippen LogP contribution is -2.48. The fraction of sp³-hybridized carbons (Fsp3) is 0.310. The number of carbonyl (C=O) groups excluding carboxylic acids is 2. The second kappa shape index (κ2) is 11.0. The summed E-state index contributed by atoms with van der Waals surface area (Å²) in [7, 11) is 1.59. The molecule has 2 aliphatic rings. The molecule has 0 saturated carbocycles. The van der Waals surface area contributed by atoms with Gasteiger partial charge in [-0.3, -0.25) is 9.59 Å². The Labute approximate surface area is 224 Å².